The van der Waals surface area contributed by atoms with Gasteiger partial charge in [0.25, 0.3) is 0 Å². The second-order valence-electron chi connectivity index (χ2n) is 9.69. The molecule has 0 aliphatic carbocycles. The molecule has 2 aliphatic heterocycles. The Morgan fingerprint density at radius 1 is 1.26 bits per heavy atom. The maximum atomic E-state index is 14.6. The van der Waals surface area contributed by atoms with Crippen molar-refractivity contribution >= 4 is 17.9 Å². The molecule has 1 fully saturated rings. The molecule has 0 saturated carbocycles. The third-order valence-corrected chi connectivity index (χ3v) is 7.22. The molecular formula is C27H31F2N7O2. The van der Waals surface area contributed by atoms with Crippen molar-refractivity contribution < 1.29 is 18.3 Å². The van der Waals surface area contributed by atoms with Crippen molar-refractivity contribution in [2.75, 3.05) is 31.3 Å². The zero-order valence-corrected chi connectivity index (χ0v) is 21.2. The van der Waals surface area contributed by atoms with Gasteiger partial charge in [-0.15, -0.1) is 0 Å². The van der Waals surface area contributed by atoms with Gasteiger partial charge in [-0.05, 0) is 68.6 Å². The van der Waals surface area contributed by atoms with Gasteiger partial charge in [0, 0.05) is 29.8 Å². The van der Waals surface area contributed by atoms with E-state index in [0.717, 1.165) is 60.9 Å². The van der Waals surface area contributed by atoms with E-state index in [9.17, 15) is 13.6 Å². The number of halogens is 2. The molecule has 200 valence electrons. The monoisotopic (exact) mass is 523 g/mol. The Hall–Kier alpha value is -3.99. The molecule has 5 rings (SSSR count). The maximum Gasteiger partial charge on any atom is 0.231 e. The SMILES string of the molecule is CC(N(/N=C\N)c1ccc(F)cc1F)n1cc2c(n1)-c1cc(C3CCN(CC(N)=O)CC3)ccc1OCC2. The molecule has 1 saturated heterocycles. The zero-order valence-electron chi connectivity index (χ0n) is 21.2. The first-order valence-electron chi connectivity index (χ1n) is 12.7. The van der Waals surface area contributed by atoms with Crippen molar-refractivity contribution in [3.8, 4) is 17.0 Å². The van der Waals surface area contributed by atoms with Crippen molar-refractivity contribution in [2.45, 2.75) is 38.3 Å². The number of rotatable bonds is 7. The summed E-state index contributed by atoms with van der Waals surface area (Å²) in [6.45, 7) is 4.24. The number of benzene rings is 2. The molecule has 3 aromatic rings. The quantitative estimate of drug-likeness (QED) is 0.279. The summed E-state index contributed by atoms with van der Waals surface area (Å²) in [5, 5.41) is 10.4. The standard InChI is InChI=1S/C27H31F2N7O2/c1-17(36(32-16-30)24-4-3-21(28)13-23(24)29)35-14-20-8-11-38-25-5-2-19(12-22(25)27(20)33-35)18-6-9-34(10-7-18)15-26(31)37/h2-5,12-14,16-18H,6-11,15H2,1H3,(H2,30,32)(H2,31,37). The fraction of sp³-hybridized carbons (Fsp3) is 0.370. The maximum absolute atomic E-state index is 14.6. The van der Waals surface area contributed by atoms with E-state index in [2.05, 4.69) is 22.1 Å². The van der Waals surface area contributed by atoms with E-state index < -0.39 is 17.8 Å². The lowest BCUT2D eigenvalue weighted by molar-refractivity contribution is -0.119. The highest BCUT2D eigenvalue weighted by Crippen LogP contribution is 2.39. The van der Waals surface area contributed by atoms with Crippen LogP contribution in [-0.4, -0.2) is 53.2 Å². The summed E-state index contributed by atoms with van der Waals surface area (Å²) in [5.74, 6) is -0.611. The van der Waals surface area contributed by atoms with Crippen molar-refractivity contribution in [3.63, 3.8) is 0 Å². The molecule has 1 aromatic heterocycles. The normalized spacial score (nSPS) is 16.9. The molecule has 2 aliphatic rings. The van der Waals surface area contributed by atoms with Crippen LogP contribution >= 0.6 is 0 Å². The van der Waals surface area contributed by atoms with Crippen LogP contribution in [0.3, 0.4) is 0 Å². The molecule has 3 heterocycles. The van der Waals surface area contributed by atoms with Crippen LogP contribution in [0.2, 0.25) is 0 Å². The lowest BCUT2D eigenvalue weighted by Gasteiger charge is -2.31. The Labute approximate surface area is 219 Å². The molecule has 11 heteroatoms. The summed E-state index contributed by atoms with van der Waals surface area (Å²) in [4.78, 5) is 13.4. The lowest BCUT2D eigenvalue weighted by atomic mass is 9.88. The van der Waals surface area contributed by atoms with Gasteiger partial charge in [0.15, 0.2) is 5.82 Å². The van der Waals surface area contributed by atoms with E-state index in [1.807, 2.05) is 19.2 Å². The topological polar surface area (TPSA) is 115 Å². The number of ether oxygens (including phenoxy) is 1. The number of carbonyl (C=O) groups excluding carboxylic acids is 1. The van der Waals surface area contributed by atoms with E-state index >= 15 is 0 Å². The predicted octanol–water partition coefficient (Wildman–Crippen LogP) is 3.36. The van der Waals surface area contributed by atoms with Gasteiger partial charge in [-0.2, -0.15) is 10.2 Å². The Morgan fingerprint density at radius 2 is 2.05 bits per heavy atom. The molecule has 9 nitrogen and oxygen atoms in total. The van der Waals surface area contributed by atoms with Gasteiger partial charge < -0.3 is 16.2 Å². The number of carbonyl (C=O) groups is 1. The number of fused-ring (bicyclic) bond motifs is 3. The minimum atomic E-state index is -0.749. The summed E-state index contributed by atoms with van der Waals surface area (Å²) < 4.78 is 35.9. The number of nitrogens with two attached hydrogens (primary N) is 2. The van der Waals surface area contributed by atoms with Crippen molar-refractivity contribution in [1.82, 2.24) is 14.7 Å². The number of hydrogen-bond donors (Lipinski definition) is 2. The molecule has 1 amide bonds. The van der Waals surface area contributed by atoms with Gasteiger partial charge in [-0.1, -0.05) is 6.07 Å². The highest BCUT2D eigenvalue weighted by Gasteiger charge is 2.27. The van der Waals surface area contributed by atoms with E-state index in [1.165, 1.54) is 22.7 Å². The average molecular weight is 524 g/mol. The summed E-state index contributed by atoms with van der Waals surface area (Å²) >= 11 is 0. The van der Waals surface area contributed by atoms with Crippen molar-refractivity contribution in [1.29, 1.82) is 0 Å². The summed E-state index contributed by atoms with van der Waals surface area (Å²) in [6.07, 6.45) is 4.94. The minimum absolute atomic E-state index is 0.0833. The van der Waals surface area contributed by atoms with Gasteiger partial charge >= 0.3 is 0 Å². The van der Waals surface area contributed by atoms with Crippen LogP contribution in [0.4, 0.5) is 14.5 Å². The van der Waals surface area contributed by atoms with Crippen molar-refractivity contribution in [2.24, 2.45) is 16.6 Å². The van der Waals surface area contributed by atoms with Crippen LogP contribution in [0.25, 0.3) is 11.3 Å². The van der Waals surface area contributed by atoms with Crippen LogP contribution < -0.4 is 21.2 Å². The number of primary amides is 1. The second kappa shape index (κ2) is 10.8. The fourth-order valence-electron chi connectivity index (χ4n) is 5.27. The van der Waals surface area contributed by atoms with Gasteiger partial charge in [0.05, 0.1) is 24.5 Å². The van der Waals surface area contributed by atoms with E-state index in [1.54, 1.807) is 4.68 Å². The first-order valence-corrected chi connectivity index (χ1v) is 12.7. The number of aromatic nitrogens is 2. The zero-order chi connectivity index (χ0) is 26.8. The summed E-state index contributed by atoms with van der Waals surface area (Å²) in [6, 6.07) is 9.56. The first kappa shape index (κ1) is 25.7. The summed E-state index contributed by atoms with van der Waals surface area (Å²) in [5.41, 5.74) is 14.9. The Morgan fingerprint density at radius 3 is 2.76 bits per heavy atom. The number of anilines is 1. The number of piperidine rings is 1. The molecule has 0 radical (unpaired) electrons. The van der Waals surface area contributed by atoms with Crippen LogP contribution in [0, 0.1) is 11.6 Å². The van der Waals surface area contributed by atoms with Crippen LogP contribution in [0.5, 0.6) is 5.75 Å². The molecule has 2 aromatic carbocycles. The van der Waals surface area contributed by atoms with Crippen LogP contribution in [0.15, 0.2) is 47.7 Å². The third-order valence-electron chi connectivity index (χ3n) is 7.22. The van der Waals surface area contributed by atoms with Gasteiger partial charge in [-0.3, -0.25) is 9.69 Å². The highest BCUT2D eigenvalue weighted by atomic mass is 19.1. The smallest absolute Gasteiger partial charge is 0.231 e. The van der Waals surface area contributed by atoms with Gasteiger partial charge in [-0.25, -0.2) is 18.5 Å². The van der Waals surface area contributed by atoms with Crippen LogP contribution in [-0.2, 0) is 11.2 Å². The molecule has 0 bridgehead atoms. The molecule has 1 unspecified atom stereocenters. The fourth-order valence-corrected chi connectivity index (χ4v) is 5.27. The Kier molecular flexibility index (Phi) is 7.28. The Bertz CT molecular complexity index is 1350. The Balaban J connectivity index is 1.44. The van der Waals surface area contributed by atoms with Gasteiger partial charge in [0.2, 0.25) is 5.91 Å². The number of likely N-dealkylation sites (tertiary alicyclic amines) is 1. The summed E-state index contributed by atoms with van der Waals surface area (Å²) in [7, 11) is 0. The van der Waals surface area contributed by atoms with E-state index in [4.69, 9.17) is 21.3 Å². The molecular weight excluding hydrogens is 492 g/mol. The number of hydrogen-bond acceptors (Lipinski definition) is 6. The predicted molar refractivity (Wildman–Crippen MR) is 141 cm³/mol. The average Bonchev–Trinajstić information content (AvgIpc) is 3.24. The lowest BCUT2D eigenvalue weighted by Crippen LogP contribution is -2.39. The largest absolute Gasteiger partial charge is 0.493 e. The molecule has 38 heavy (non-hydrogen) atoms. The number of nitrogens with zero attached hydrogens (tertiary/aromatic N) is 5. The third kappa shape index (κ3) is 5.19. The molecule has 1 atom stereocenters. The van der Waals surface area contributed by atoms with Gasteiger partial charge in [0.1, 0.15) is 24.1 Å². The number of amides is 1. The first-order chi connectivity index (χ1) is 18.3. The van der Waals surface area contributed by atoms with E-state index in [-0.39, 0.29) is 18.1 Å². The molecule has 4 N–H and O–H groups in total. The molecule has 0 spiro atoms. The highest BCUT2D eigenvalue weighted by molar-refractivity contribution is 5.76. The van der Waals surface area contributed by atoms with Crippen molar-refractivity contribution in [3.05, 3.63) is 65.4 Å². The second-order valence-corrected chi connectivity index (χ2v) is 9.69. The van der Waals surface area contributed by atoms with E-state index in [0.29, 0.717) is 18.9 Å². The van der Waals surface area contributed by atoms with Crippen LogP contribution in [0.1, 0.15) is 43.0 Å². The minimum Gasteiger partial charge on any atom is -0.493 e. The number of hydrazone groups is 1.